The van der Waals surface area contributed by atoms with Crippen molar-refractivity contribution < 1.29 is 19.1 Å². The average Bonchev–Trinajstić information content (AvgIpc) is 2.84. The molecule has 0 aliphatic rings. The van der Waals surface area contributed by atoms with Crippen LogP contribution in [0.15, 0.2) is 18.3 Å². The summed E-state index contributed by atoms with van der Waals surface area (Å²) < 4.78 is 11.6. The van der Waals surface area contributed by atoms with Gasteiger partial charge in [0.15, 0.2) is 0 Å². The normalized spacial score (nSPS) is 11.6. The Balaban J connectivity index is 2.32. The molecule has 0 bridgehead atoms. The van der Waals surface area contributed by atoms with Crippen molar-refractivity contribution in [2.24, 2.45) is 0 Å². The fraction of sp³-hybridized carbons (Fsp3) is 0.429. The molecule has 0 spiro atoms. The van der Waals surface area contributed by atoms with Crippen LogP contribution in [0.3, 0.4) is 0 Å². The van der Waals surface area contributed by atoms with E-state index < -0.39 is 17.7 Å². The van der Waals surface area contributed by atoms with Gasteiger partial charge >= 0.3 is 12.1 Å². The molecule has 0 fully saturated rings. The lowest BCUT2D eigenvalue weighted by Gasteiger charge is -2.19. The number of H-pyrrole nitrogens is 1. The zero-order valence-corrected chi connectivity index (χ0v) is 12.0. The number of carbonyl (C=O) groups is 2. The molecule has 20 heavy (non-hydrogen) atoms. The van der Waals surface area contributed by atoms with Crippen LogP contribution in [0.25, 0.3) is 11.0 Å². The number of nitrogens with one attached hydrogen (secondary N) is 1. The average molecular weight is 278 g/mol. The summed E-state index contributed by atoms with van der Waals surface area (Å²) >= 11 is 0. The number of aromatic amines is 1. The maximum atomic E-state index is 12.1. The molecule has 0 saturated carbocycles. The van der Waals surface area contributed by atoms with E-state index in [2.05, 4.69) is 4.98 Å². The Morgan fingerprint density at radius 3 is 2.65 bits per heavy atom. The van der Waals surface area contributed by atoms with Gasteiger partial charge in [0.25, 0.3) is 0 Å². The van der Waals surface area contributed by atoms with E-state index in [1.54, 1.807) is 46.0 Å². The molecule has 6 nitrogen and oxygen atoms in total. The molecule has 108 valence electrons. The van der Waals surface area contributed by atoms with Crippen molar-refractivity contribution >= 4 is 23.1 Å². The lowest BCUT2D eigenvalue weighted by Crippen LogP contribution is -2.26. The Hall–Kier alpha value is -2.24. The third kappa shape index (κ3) is 2.84. The molecule has 0 aliphatic heterocycles. The largest absolute Gasteiger partial charge is 0.461 e. The molecule has 2 heterocycles. The first-order valence-electron chi connectivity index (χ1n) is 6.42. The van der Waals surface area contributed by atoms with Gasteiger partial charge in [0.2, 0.25) is 0 Å². The summed E-state index contributed by atoms with van der Waals surface area (Å²) in [5.74, 6) is -0.445. The molecule has 2 rings (SSSR count). The number of rotatable bonds is 2. The second-order valence-corrected chi connectivity index (χ2v) is 5.37. The van der Waals surface area contributed by atoms with Gasteiger partial charge in [-0.25, -0.2) is 9.59 Å². The number of carbonyl (C=O) groups excluding carboxylic acids is 2. The monoisotopic (exact) mass is 278 g/mol. The highest BCUT2D eigenvalue weighted by atomic mass is 16.6. The van der Waals surface area contributed by atoms with Crippen molar-refractivity contribution in [1.82, 2.24) is 9.55 Å². The topological polar surface area (TPSA) is 73.3 Å². The van der Waals surface area contributed by atoms with E-state index in [1.165, 1.54) is 4.57 Å². The van der Waals surface area contributed by atoms with Crippen LogP contribution < -0.4 is 0 Å². The Labute approximate surface area is 116 Å². The van der Waals surface area contributed by atoms with Gasteiger partial charge in [-0.3, -0.25) is 4.57 Å². The molecule has 0 unspecified atom stereocenters. The maximum absolute atomic E-state index is 12.1. The van der Waals surface area contributed by atoms with Crippen LogP contribution in [0, 0.1) is 0 Å². The lowest BCUT2D eigenvalue weighted by atomic mass is 10.2. The van der Waals surface area contributed by atoms with E-state index in [-0.39, 0.29) is 0 Å². The quantitative estimate of drug-likeness (QED) is 0.857. The molecule has 1 N–H and O–H groups in total. The summed E-state index contributed by atoms with van der Waals surface area (Å²) in [6.07, 6.45) is 1.12. The predicted octanol–water partition coefficient (Wildman–Crippen LogP) is 2.93. The second-order valence-electron chi connectivity index (χ2n) is 5.37. The summed E-state index contributed by atoms with van der Waals surface area (Å²) in [5.41, 5.74) is 1.00. The zero-order chi connectivity index (χ0) is 14.9. The predicted molar refractivity (Wildman–Crippen MR) is 73.9 cm³/mol. The maximum Gasteiger partial charge on any atom is 0.419 e. The molecular weight excluding hydrogens is 260 g/mol. The minimum absolute atomic E-state index is 0.300. The summed E-state index contributed by atoms with van der Waals surface area (Å²) in [6.45, 7) is 7.43. The van der Waals surface area contributed by atoms with Crippen molar-refractivity contribution in [3.63, 3.8) is 0 Å². The Bertz CT molecular complexity index is 646. The molecular formula is C14H18N2O4. The summed E-state index contributed by atoms with van der Waals surface area (Å²) in [5, 5.41) is 0. The smallest absolute Gasteiger partial charge is 0.419 e. The third-order valence-electron chi connectivity index (χ3n) is 2.56. The molecule has 0 atom stereocenters. The van der Waals surface area contributed by atoms with Crippen LogP contribution in [0.4, 0.5) is 4.79 Å². The Morgan fingerprint density at radius 2 is 2.05 bits per heavy atom. The van der Waals surface area contributed by atoms with Gasteiger partial charge in [-0.15, -0.1) is 0 Å². The molecule has 0 radical (unpaired) electrons. The van der Waals surface area contributed by atoms with Crippen molar-refractivity contribution in [2.75, 3.05) is 6.61 Å². The minimum Gasteiger partial charge on any atom is -0.461 e. The van der Waals surface area contributed by atoms with E-state index >= 15 is 0 Å². The van der Waals surface area contributed by atoms with E-state index in [0.29, 0.717) is 23.3 Å². The number of nitrogens with zero attached hydrogens (tertiary/aromatic N) is 1. The zero-order valence-electron chi connectivity index (χ0n) is 12.0. The van der Waals surface area contributed by atoms with Crippen molar-refractivity contribution in [2.45, 2.75) is 33.3 Å². The van der Waals surface area contributed by atoms with Crippen LogP contribution >= 0.6 is 0 Å². The highest BCUT2D eigenvalue weighted by molar-refractivity contribution is 5.96. The number of hydrogen-bond donors (Lipinski definition) is 1. The van der Waals surface area contributed by atoms with Gasteiger partial charge in [-0.2, -0.15) is 0 Å². The van der Waals surface area contributed by atoms with Gasteiger partial charge in [0.1, 0.15) is 11.3 Å². The fourth-order valence-electron chi connectivity index (χ4n) is 1.80. The SMILES string of the molecule is CCOC(=O)c1cc2c(ccn2C(=O)OC(C)(C)C)[nH]1. The number of hydrogen-bond acceptors (Lipinski definition) is 4. The first-order valence-corrected chi connectivity index (χ1v) is 6.42. The van der Waals surface area contributed by atoms with E-state index in [0.717, 1.165) is 0 Å². The molecule has 0 aromatic carbocycles. The van der Waals surface area contributed by atoms with Crippen LogP contribution in [0.5, 0.6) is 0 Å². The molecule has 0 saturated heterocycles. The number of aromatic nitrogens is 2. The summed E-state index contributed by atoms with van der Waals surface area (Å²) in [6, 6.07) is 3.29. The lowest BCUT2D eigenvalue weighted by molar-refractivity contribution is 0.0514. The molecule has 0 amide bonds. The van der Waals surface area contributed by atoms with Gasteiger partial charge in [0.05, 0.1) is 17.6 Å². The molecule has 2 aromatic rings. The summed E-state index contributed by atoms with van der Waals surface area (Å²) in [7, 11) is 0. The van der Waals surface area contributed by atoms with Gasteiger partial charge in [-0.05, 0) is 39.8 Å². The number of fused-ring (bicyclic) bond motifs is 1. The van der Waals surface area contributed by atoms with E-state index in [4.69, 9.17) is 9.47 Å². The Kier molecular flexibility index (Phi) is 3.57. The summed E-state index contributed by atoms with van der Waals surface area (Å²) in [4.78, 5) is 26.6. The standard InChI is InChI=1S/C14H18N2O4/c1-5-19-12(17)10-8-11-9(15-10)6-7-16(11)13(18)20-14(2,3)4/h6-8,15H,5H2,1-4H3. The third-order valence-corrected chi connectivity index (χ3v) is 2.56. The highest BCUT2D eigenvalue weighted by Gasteiger charge is 2.20. The molecule has 0 aliphatic carbocycles. The first kappa shape index (κ1) is 14.2. The highest BCUT2D eigenvalue weighted by Crippen LogP contribution is 2.19. The van der Waals surface area contributed by atoms with E-state index in [1.807, 2.05) is 0 Å². The minimum atomic E-state index is -0.575. The fourth-order valence-corrected chi connectivity index (χ4v) is 1.80. The van der Waals surface area contributed by atoms with Gasteiger partial charge in [0, 0.05) is 6.20 Å². The van der Waals surface area contributed by atoms with Crippen LogP contribution in [-0.2, 0) is 9.47 Å². The Morgan fingerprint density at radius 1 is 1.35 bits per heavy atom. The molecule has 6 heteroatoms. The second kappa shape index (κ2) is 5.03. The number of esters is 1. The van der Waals surface area contributed by atoms with Gasteiger partial charge in [-0.1, -0.05) is 0 Å². The van der Waals surface area contributed by atoms with Crippen LogP contribution in [0.2, 0.25) is 0 Å². The van der Waals surface area contributed by atoms with Crippen LogP contribution in [0.1, 0.15) is 38.2 Å². The van der Waals surface area contributed by atoms with Crippen molar-refractivity contribution in [1.29, 1.82) is 0 Å². The van der Waals surface area contributed by atoms with Crippen molar-refractivity contribution in [3.05, 3.63) is 24.0 Å². The van der Waals surface area contributed by atoms with Gasteiger partial charge < -0.3 is 14.5 Å². The first-order chi connectivity index (χ1) is 9.31. The van der Waals surface area contributed by atoms with Crippen molar-refractivity contribution in [3.8, 4) is 0 Å². The van der Waals surface area contributed by atoms with E-state index in [9.17, 15) is 9.59 Å². The van der Waals surface area contributed by atoms with Crippen LogP contribution in [-0.4, -0.2) is 33.8 Å². The molecule has 2 aromatic heterocycles. The number of ether oxygens (including phenoxy) is 2.